The number of aromatic amines is 1. The third-order valence-electron chi connectivity index (χ3n) is 3.65. The molecular weight excluding hydrogens is 278 g/mol. The van der Waals surface area contributed by atoms with Crippen LogP contribution in [0.3, 0.4) is 0 Å². The summed E-state index contributed by atoms with van der Waals surface area (Å²) in [6.07, 6.45) is 2.25. The summed E-state index contributed by atoms with van der Waals surface area (Å²) < 4.78 is 28.4. The molecule has 1 aromatic carbocycles. The van der Waals surface area contributed by atoms with Gasteiger partial charge in [-0.3, -0.25) is 0 Å². The Morgan fingerprint density at radius 3 is 2.85 bits per heavy atom. The van der Waals surface area contributed by atoms with E-state index in [2.05, 4.69) is 15.3 Å². The Hall–Kier alpha value is -1.44. The first-order valence-electron chi connectivity index (χ1n) is 6.43. The van der Waals surface area contributed by atoms with E-state index in [-0.39, 0.29) is 12.1 Å². The quantitative estimate of drug-likeness (QED) is 0.883. The van der Waals surface area contributed by atoms with E-state index in [1.165, 1.54) is 6.26 Å². The van der Waals surface area contributed by atoms with Crippen molar-refractivity contribution in [2.75, 3.05) is 19.9 Å². The summed E-state index contributed by atoms with van der Waals surface area (Å²) in [4.78, 5) is 8.02. The van der Waals surface area contributed by atoms with Crippen molar-refractivity contribution in [3.8, 4) is 0 Å². The zero-order valence-electron chi connectivity index (χ0n) is 11.4. The Labute approximate surface area is 117 Å². The van der Waals surface area contributed by atoms with Gasteiger partial charge >= 0.3 is 0 Å². The van der Waals surface area contributed by atoms with E-state index in [9.17, 15) is 8.42 Å². The zero-order chi connectivity index (χ0) is 14.3. The van der Waals surface area contributed by atoms with Crippen LogP contribution in [0.4, 0.5) is 0 Å². The molecule has 2 N–H and O–H groups in total. The van der Waals surface area contributed by atoms with Crippen LogP contribution in [0.15, 0.2) is 23.1 Å². The van der Waals surface area contributed by atoms with Crippen molar-refractivity contribution in [2.24, 2.45) is 0 Å². The maximum Gasteiger partial charge on any atom is 0.175 e. The molecule has 0 spiro atoms. The monoisotopic (exact) mass is 295 g/mol. The standard InChI is InChI=1S/C13H17N3O3S/c1-19-8-5-12(14-7-8)13-15-10-4-3-9(20(2,17)18)6-11(10)16-13/h3-4,6,8,12,14H,5,7H2,1-2H3,(H,15,16). The fourth-order valence-electron chi connectivity index (χ4n) is 2.50. The second-order valence-electron chi connectivity index (χ2n) is 5.13. The van der Waals surface area contributed by atoms with Crippen molar-refractivity contribution < 1.29 is 13.2 Å². The number of imidazole rings is 1. The maximum atomic E-state index is 11.6. The Kier molecular flexibility index (Phi) is 3.27. The van der Waals surface area contributed by atoms with Gasteiger partial charge in [-0.25, -0.2) is 13.4 Å². The Morgan fingerprint density at radius 2 is 2.20 bits per heavy atom. The lowest BCUT2D eigenvalue weighted by Gasteiger charge is -2.06. The molecule has 0 radical (unpaired) electrons. The first-order valence-corrected chi connectivity index (χ1v) is 8.32. The van der Waals surface area contributed by atoms with Gasteiger partial charge in [0.2, 0.25) is 0 Å². The van der Waals surface area contributed by atoms with Crippen LogP contribution in [0.1, 0.15) is 18.3 Å². The molecule has 1 fully saturated rings. The molecule has 1 aromatic heterocycles. The van der Waals surface area contributed by atoms with Crippen LogP contribution in [0, 0.1) is 0 Å². The number of methoxy groups -OCH3 is 1. The lowest BCUT2D eigenvalue weighted by atomic mass is 10.2. The van der Waals surface area contributed by atoms with Crippen LogP contribution in [0.25, 0.3) is 11.0 Å². The maximum absolute atomic E-state index is 11.6. The van der Waals surface area contributed by atoms with Gasteiger partial charge in [-0.05, 0) is 24.6 Å². The summed E-state index contributed by atoms with van der Waals surface area (Å²) in [5.41, 5.74) is 1.51. The van der Waals surface area contributed by atoms with E-state index < -0.39 is 9.84 Å². The average molecular weight is 295 g/mol. The molecule has 1 saturated heterocycles. The van der Waals surface area contributed by atoms with Crippen LogP contribution >= 0.6 is 0 Å². The highest BCUT2D eigenvalue weighted by Gasteiger charge is 2.27. The third-order valence-corrected chi connectivity index (χ3v) is 4.76. The predicted octanol–water partition coefficient (Wildman–Crippen LogP) is 1.02. The number of aromatic nitrogens is 2. The molecule has 0 amide bonds. The molecule has 7 heteroatoms. The third kappa shape index (κ3) is 2.44. The number of rotatable bonds is 3. The van der Waals surface area contributed by atoms with E-state index >= 15 is 0 Å². The largest absolute Gasteiger partial charge is 0.380 e. The first-order chi connectivity index (χ1) is 9.47. The minimum absolute atomic E-state index is 0.119. The number of benzene rings is 1. The normalized spacial score (nSPS) is 23.5. The number of hydrogen-bond donors (Lipinski definition) is 2. The molecular formula is C13H17N3O3S. The van der Waals surface area contributed by atoms with E-state index in [4.69, 9.17) is 4.74 Å². The van der Waals surface area contributed by atoms with Crippen LogP contribution < -0.4 is 5.32 Å². The van der Waals surface area contributed by atoms with Crippen LogP contribution in [0.2, 0.25) is 0 Å². The lowest BCUT2D eigenvalue weighted by molar-refractivity contribution is 0.117. The van der Waals surface area contributed by atoms with E-state index in [0.29, 0.717) is 4.90 Å². The van der Waals surface area contributed by atoms with Crippen molar-refractivity contribution >= 4 is 20.9 Å². The second-order valence-corrected chi connectivity index (χ2v) is 7.14. The van der Waals surface area contributed by atoms with Crippen molar-refractivity contribution in [1.82, 2.24) is 15.3 Å². The summed E-state index contributed by atoms with van der Waals surface area (Å²) in [5, 5.41) is 3.34. The second kappa shape index (κ2) is 4.83. The van der Waals surface area contributed by atoms with Crippen molar-refractivity contribution in [3.05, 3.63) is 24.0 Å². The predicted molar refractivity (Wildman–Crippen MR) is 75.4 cm³/mol. The van der Waals surface area contributed by atoms with Gasteiger partial charge in [0.05, 0.1) is 28.1 Å². The minimum Gasteiger partial charge on any atom is -0.380 e. The number of H-pyrrole nitrogens is 1. The van der Waals surface area contributed by atoms with Gasteiger partial charge in [-0.1, -0.05) is 0 Å². The van der Waals surface area contributed by atoms with Crippen molar-refractivity contribution in [3.63, 3.8) is 0 Å². The molecule has 1 aliphatic heterocycles. The first kappa shape index (κ1) is 13.5. The topological polar surface area (TPSA) is 84.1 Å². The van der Waals surface area contributed by atoms with E-state index in [1.54, 1.807) is 25.3 Å². The van der Waals surface area contributed by atoms with Gasteiger partial charge in [-0.2, -0.15) is 0 Å². The van der Waals surface area contributed by atoms with Gasteiger partial charge < -0.3 is 15.0 Å². The molecule has 2 unspecified atom stereocenters. The molecule has 2 atom stereocenters. The van der Waals surface area contributed by atoms with E-state index in [0.717, 1.165) is 29.8 Å². The average Bonchev–Trinajstić information content (AvgIpc) is 3.02. The van der Waals surface area contributed by atoms with Gasteiger partial charge in [-0.15, -0.1) is 0 Å². The van der Waals surface area contributed by atoms with Gasteiger partial charge in [0.1, 0.15) is 5.82 Å². The molecule has 0 aliphatic carbocycles. The molecule has 6 nitrogen and oxygen atoms in total. The van der Waals surface area contributed by atoms with Crippen LogP contribution in [-0.2, 0) is 14.6 Å². The molecule has 20 heavy (non-hydrogen) atoms. The molecule has 0 bridgehead atoms. The zero-order valence-corrected chi connectivity index (χ0v) is 12.2. The van der Waals surface area contributed by atoms with Crippen LogP contribution in [0.5, 0.6) is 0 Å². The molecule has 2 heterocycles. The molecule has 2 aromatic rings. The number of sulfone groups is 1. The van der Waals surface area contributed by atoms with Gasteiger partial charge in [0.15, 0.2) is 9.84 Å². The Bertz CT molecular complexity index is 738. The Morgan fingerprint density at radius 1 is 1.40 bits per heavy atom. The Balaban J connectivity index is 1.95. The molecule has 0 saturated carbocycles. The highest BCUT2D eigenvalue weighted by Crippen LogP contribution is 2.25. The highest BCUT2D eigenvalue weighted by atomic mass is 32.2. The molecule has 1 aliphatic rings. The van der Waals surface area contributed by atoms with Gasteiger partial charge in [0.25, 0.3) is 0 Å². The lowest BCUT2D eigenvalue weighted by Crippen LogP contribution is -2.16. The number of hydrogen-bond acceptors (Lipinski definition) is 5. The van der Waals surface area contributed by atoms with Crippen LogP contribution in [-0.4, -0.2) is 44.4 Å². The fourth-order valence-corrected chi connectivity index (χ4v) is 3.14. The number of fused-ring (bicyclic) bond motifs is 1. The summed E-state index contributed by atoms with van der Waals surface area (Å²) >= 11 is 0. The van der Waals surface area contributed by atoms with E-state index in [1.807, 2.05) is 0 Å². The van der Waals surface area contributed by atoms with Crippen molar-refractivity contribution in [1.29, 1.82) is 0 Å². The summed E-state index contributed by atoms with van der Waals surface area (Å²) in [5.74, 6) is 0.824. The minimum atomic E-state index is -3.20. The summed E-state index contributed by atoms with van der Waals surface area (Å²) in [7, 11) is -1.50. The number of ether oxygens (including phenoxy) is 1. The molecule has 3 rings (SSSR count). The number of nitrogens with one attached hydrogen (secondary N) is 2. The fraction of sp³-hybridized carbons (Fsp3) is 0.462. The summed E-state index contributed by atoms with van der Waals surface area (Å²) in [6, 6.07) is 5.06. The smallest absolute Gasteiger partial charge is 0.175 e. The van der Waals surface area contributed by atoms with Crippen molar-refractivity contribution in [2.45, 2.75) is 23.5 Å². The number of nitrogens with zero attached hydrogens (tertiary/aromatic N) is 1. The SMILES string of the molecule is COC1CNC(c2nc3ccc(S(C)(=O)=O)cc3[nH]2)C1. The summed E-state index contributed by atoms with van der Waals surface area (Å²) in [6.45, 7) is 0.798. The highest BCUT2D eigenvalue weighted by molar-refractivity contribution is 7.90. The molecule has 108 valence electrons. The van der Waals surface area contributed by atoms with Gasteiger partial charge in [0, 0.05) is 19.9 Å².